The Morgan fingerprint density at radius 1 is 0.821 bits per heavy atom. The second-order valence-corrected chi connectivity index (χ2v) is 6.14. The van der Waals surface area contributed by atoms with Gasteiger partial charge in [-0.05, 0) is 47.7 Å². The summed E-state index contributed by atoms with van der Waals surface area (Å²) in [7, 11) is 0. The minimum atomic E-state index is -4.26. The number of aryl methyl sites for hydroxylation is 1. The molecule has 0 saturated heterocycles. The van der Waals surface area contributed by atoms with E-state index in [9.17, 15) is 30.7 Å². The van der Waals surface area contributed by atoms with E-state index >= 15 is 0 Å². The topological polar surface area (TPSA) is 9.23 Å². The maximum atomic E-state index is 14.4. The summed E-state index contributed by atoms with van der Waals surface area (Å²) in [4.78, 5) is 0. The molecule has 0 heterocycles. The summed E-state index contributed by atoms with van der Waals surface area (Å²) in [5, 5.41) is -0.592. The first-order chi connectivity index (χ1) is 13.2. The zero-order valence-corrected chi connectivity index (χ0v) is 14.4. The highest BCUT2D eigenvalue weighted by Crippen LogP contribution is 2.36. The Hall–Kier alpha value is -2.77. The van der Waals surface area contributed by atoms with E-state index in [2.05, 4.69) is 4.74 Å². The molecule has 0 spiro atoms. The van der Waals surface area contributed by atoms with E-state index in [1.54, 1.807) is 6.92 Å². The van der Waals surface area contributed by atoms with E-state index in [0.717, 1.165) is 30.3 Å². The van der Waals surface area contributed by atoms with Gasteiger partial charge in [-0.1, -0.05) is 19.4 Å². The first-order valence-electron chi connectivity index (χ1n) is 8.27. The van der Waals surface area contributed by atoms with Gasteiger partial charge < -0.3 is 4.74 Å². The number of hydrogen-bond acceptors (Lipinski definition) is 1. The molecule has 3 aromatic rings. The molecular formula is C20H13F7O. The number of halogens is 7. The van der Waals surface area contributed by atoms with Gasteiger partial charge in [0.15, 0.2) is 29.1 Å². The van der Waals surface area contributed by atoms with Crippen molar-refractivity contribution >= 4 is 10.8 Å². The van der Waals surface area contributed by atoms with Crippen molar-refractivity contribution in [2.75, 3.05) is 0 Å². The van der Waals surface area contributed by atoms with Gasteiger partial charge in [0, 0.05) is 5.39 Å². The predicted molar refractivity (Wildman–Crippen MR) is 88.7 cm³/mol. The van der Waals surface area contributed by atoms with Crippen LogP contribution in [0, 0.1) is 29.1 Å². The first kappa shape index (κ1) is 20.0. The maximum Gasteiger partial charge on any atom is 0.429 e. The Bertz CT molecular complexity index is 1050. The molecule has 0 N–H and O–H groups in total. The van der Waals surface area contributed by atoms with Gasteiger partial charge in [0.2, 0.25) is 0 Å². The Morgan fingerprint density at radius 3 is 2.21 bits per heavy atom. The SMILES string of the molecule is CCCc1ccc(C(F)(F)Oc2ccc3c(F)c(F)c(F)cc3c2)c(F)c1F. The van der Waals surface area contributed by atoms with E-state index < -0.39 is 46.5 Å². The van der Waals surface area contributed by atoms with Crippen LogP contribution in [0.2, 0.25) is 0 Å². The fourth-order valence-electron chi connectivity index (χ4n) is 2.83. The average molecular weight is 402 g/mol. The lowest BCUT2D eigenvalue weighted by Gasteiger charge is -2.20. The summed E-state index contributed by atoms with van der Waals surface area (Å²) in [6, 6.07) is 5.02. The second-order valence-electron chi connectivity index (χ2n) is 6.14. The summed E-state index contributed by atoms with van der Waals surface area (Å²) >= 11 is 0. The maximum absolute atomic E-state index is 14.4. The number of alkyl halides is 2. The normalized spacial score (nSPS) is 11.9. The monoisotopic (exact) mass is 402 g/mol. The first-order valence-corrected chi connectivity index (χ1v) is 8.27. The number of fused-ring (bicyclic) bond motifs is 1. The molecule has 0 aliphatic carbocycles. The standard InChI is InChI=1S/C20H13F7O/c1-2-3-10-4-7-14(18(24)16(10)22)20(26,27)28-12-5-6-13-11(8-12)9-15(21)19(25)17(13)23/h4-9H,2-3H2,1H3. The van der Waals surface area contributed by atoms with Crippen LogP contribution in [0.1, 0.15) is 24.5 Å². The van der Waals surface area contributed by atoms with Gasteiger partial charge in [0.05, 0.1) is 0 Å². The van der Waals surface area contributed by atoms with Crippen molar-refractivity contribution in [3.05, 3.63) is 76.6 Å². The van der Waals surface area contributed by atoms with E-state index in [1.165, 1.54) is 0 Å². The second kappa shape index (κ2) is 7.33. The van der Waals surface area contributed by atoms with Crippen molar-refractivity contribution in [1.29, 1.82) is 0 Å². The van der Waals surface area contributed by atoms with Crippen LogP contribution < -0.4 is 4.74 Å². The van der Waals surface area contributed by atoms with Crippen LogP contribution in [0.3, 0.4) is 0 Å². The molecular weight excluding hydrogens is 389 g/mol. The summed E-state index contributed by atoms with van der Waals surface area (Å²) in [5.74, 6) is -8.38. The number of rotatable bonds is 5. The zero-order valence-electron chi connectivity index (χ0n) is 14.4. The van der Waals surface area contributed by atoms with Gasteiger partial charge in [0.1, 0.15) is 11.3 Å². The molecule has 0 amide bonds. The lowest BCUT2D eigenvalue weighted by Crippen LogP contribution is -2.24. The summed E-state index contributed by atoms with van der Waals surface area (Å²) in [6.07, 6.45) is -3.60. The summed E-state index contributed by atoms with van der Waals surface area (Å²) < 4.78 is 102. The number of ether oxygens (including phenoxy) is 1. The van der Waals surface area contributed by atoms with Gasteiger partial charge in [-0.15, -0.1) is 0 Å². The largest absolute Gasteiger partial charge is 0.429 e. The van der Waals surface area contributed by atoms with Crippen molar-refractivity contribution < 1.29 is 35.5 Å². The molecule has 0 unspecified atom stereocenters. The average Bonchev–Trinajstić information content (AvgIpc) is 2.63. The highest BCUT2D eigenvalue weighted by atomic mass is 19.3. The number of hydrogen-bond donors (Lipinski definition) is 0. The van der Waals surface area contributed by atoms with Crippen molar-refractivity contribution in [1.82, 2.24) is 0 Å². The molecule has 3 rings (SSSR count). The zero-order chi connectivity index (χ0) is 20.6. The van der Waals surface area contributed by atoms with Crippen LogP contribution in [0.15, 0.2) is 36.4 Å². The van der Waals surface area contributed by atoms with Crippen molar-refractivity contribution in [3.63, 3.8) is 0 Å². The Labute approximate surface area is 155 Å². The third-order valence-electron chi connectivity index (χ3n) is 4.19. The van der Waals surface area contributed by atoms with Crippen molar-refractivity contribution in [2.45, 2.75) is 25.9 Å². The summed E-state index contributed by atoms with van der Waals surface area (Å²) in [5.41, 5.74) is -1.36. The molecule has 0 radical (unpaired) electrons. The molecule has 1 nitrogen and oxygen atoms in total. The summed E-state index contributed by atoms with van der Waals surface area (Å²) in [6.45, 7) is 1.72. The van der Waals surface area contributed by atoms with Gasteiger partial charge >= 0.3 is 6.11 Å². The third-order valence-corrected chi connectivity index (χ3v) is 4.19. The quantitative estimate of drug-likeness (QED) is 0.344. The van der Waals surface area contributed by atoms with Gasteiger partial charge in [-0.25, -0.2) is 22.0 Å². The molecule has 8 heteroatoms. The molecule has 0 bridgehead atoms. The lowest BCUT2D eigenvalue weighted by atomic mass is 10.1. The van der Waals surface area contributed by atoms with Gasteiger partial charge in [-0.3, -0.25) is 0 Å². The fraction of sp³-hybridized carbons (Fsp3) is 0.200. The number of benzene rings is 3. The van der Waals surface area contributed by atoms with Crippen LogP contribution in [0.5, 0.6) is 5.75 Å². The van der Waals surface area contributed by atoms with Gasteiger partial charge in [-0.2, -0.15) is 8.78 Å². The molecule has 0 aliphatic heterocycles. The molecule has 0 saturated carbocycles. The smallest absolute Gasteiger partial charge is 0.429 e. The van der Waals surface area contributed by atoms with Crippen LogP contribution in [0.4, 0.5) is 30.7 Å². The third kappa shape index (κ3) is 3.50. The Balaban J connectivity index is 1.98. The predicted octanol–water partition coefficient (Wildman–Crippen LogP) is 6.62. The molecule has 28 heavy (non-hydrogen) atoms. The minimum Gasteiger partial charge on any atom is -0.429 e. The van der Waals surface area contributed by atoms with Crippen LogP contribution in [-0.4, -0.2) is 0 Å². The molecule has 0 aliphatic rings. The van der Waals surface area contributed by atoms with E-state index in [0.29, 0.717) is 12.5 Å². The van der Waals surface area contributed by atoms with Crippen LogP contribution in [-0.2, 0) is 12.5 Å². The van der Waals surface area contributed by atoms with E-state index in [-0.39, 0.29) is 22.8 Å². The minimum absolute atomic E-state index is 0.0433. The molecule has 3 aromatic carbocycles. The highest BCUT2D eigenvalue weighted by Gasteiger charge is 2.39. The molecule has 0 aromatic heterocycles. The van der Waals surface area contributed by atoms with E-state index in [1.807, 2.05) is 0 Å². The van der Waals surface area contributed by atoms with Gasteiger partial charge in [0.25, 0.3) is 0 Å². The fourth-order valence-corrected chi connectivity index (χ4v) is 2.83. The molecule has 0 fully saturated rings. The highest BCUT2D eigenvalue weighted by molar-refractivity contribution is 5.84. The van der Waals surface area contributed by atoms with E-state index in [4.69, 9.17) is 0 Å². The Kier molecular flexibility index (Phi) is 5.23. The van der Waals surface area contributed by atoms with Crippen LogP contribution in [0.25, 0.3) is 10.8 Å². The van der Waals surface area contributed by atoms with Crippen molar-refractivity contribution in [2.24, 2.45) is 0 Å². The molecule has 148 valence electrons. The van der Waals surface area contributed by atoms with Crippen LogP contribution >= 0.6 is 0 Å². The lowest BCUT2D eigenvalue weighted by molar-refractivity contribution is -0.187. The van der Waals surface area contributed by atoms with Crippen molar-refractivity contribution in [3.8, 4) is 5.75 Å². The molecule has 0 atom stereocenters. The Morgan fingerprint density at radius 2 is 1.54 bits per heavy atom.